The highest BCUT2D eigenvalue weighted by molar-refractivity contribution is 9.10. The fourth-order valence-electron chi connectivity index (χ4n) is 1.74. The van der Waals surface area contributed by atoms with Crippen LogP contribution in [-0.2, 0) is 4.74 Å². The van der Waals surface area contributed by atoms with Crippen molar-refractivity contribution >= 4 is 43.2 Å². The Bertz CT molecular complexity index is 574. The fourth-order valence-corrected chi connectivity index (χ4v) is 3.90. The number of ether oxygens (including phenoxy) is 2. The van der Waals surface area contributed by atoms with Crippen molar-refractivity contribution in [3.05, 3.63) is 49.0 Å². The minimum atomic E-state index is -0.145. The molecular formula is C14H15Br2NO2S. The van der Waals surface area contributed by atoms with E-state index in [0.717, 1.165) is 25.1 Å². The monoisotopic (exact) mass is 419 g/mol. The first-order valence-electron chi connectivity index (χ1n) is 6.03. The highest BCUT2D eigenvalue weighted by atomic mass is 79.9. The summed E-state index contributed by atoms with van der Waals surface area (Å²) in [6, 6.07) is 7.78. The molecule has 0 saturated carbocycles. The molecule has 0 aliphatic rings. The molecule has 6 heteroatoms. The number of hydrogen-bond acceptors (Lipinski definition) is 4. The second-order valence-electron chi connectivity index (χ2n) is 4.14. The van der Waals surface area contributed by atoms with Gasteiger partial charge in [-0.1, -0.05) is 6.07 Å². The molecule has 0 aliphatic carbocycles. The lowest BCUT2D eigenvalue weighted by Gasteiger charge is -2.14. The van der Waals surface area contributed by atoms with Gasteiger partial charge in [-0.3, -0.25) is 0 Å². The molecule has 1 heterocycles. The van der Waals surface area contributed by atoms with Crippen molar-refractivity contribution in [2.24, 2.45) is 5.73 Å². The number of benzene rings is 1. The normalized spacial score (nSPS) is 12.4. The van der Waals surface area contributed by atoms with Crippen LogP contribution in [0.25, 0.3) is 0 Å². The minimum Gasteiger partial charge on any atom is -0.490 e. The number of hydrogen-bond donors (Lipinski definition) is 1. The molecule has 0 spiro atoms. The lowest BCUT2D eigenvalue weighted by Crippen LogP contribution is -2.11. The Labute approximate surface area is 139 Å². The molecule has 0 fully saturated rings. The van der Waals surface area contributed by atoms with Gasteiger partial charge in [0.05, 0.1) is 17.1 Å². The van der Waals surface area contributed by atoms with Gasteiger partial charge in [-0.2, -0.15) is 0 Å². The Balaban J connectivity index is 2.14. The molecule has 2 aromatic rings. The molecule has 0 bridgehead atoms. The van der Waals surface area contributed by atoms with Crippen LogP contribution in [0.1, 0.15) is 16.5 Å². The number of rotatable bonds is 6. The fraction of sp³-hybridized carbons (Fsp3) is 0.286. The van der Waals surface area contributed by atoms with Gasteiger partial charge in [-0.05, 0) is 61.0 Å². The molecule has 1 aromatic heterocycles. The van der Waals surface area contributed by atoms with E-state index in [0.29, 0.717) is 13.2 Å². The summed E-state index contributed by atoms with van der Waals surface area (Å²) in [5.41, 5.74) is 7.34. The van der Waals surface area contributed by atoms with Crippen LogP contribution in [0.5, 0.6) is 5.75 Å². The van der Waals surface area contributed by atoms with E-state index < -0.39 is 0 Å². The van der Waals surface area contributed by atoms with Gasteiger partial charge in [0.1, 0.15) is 12.4 Å². The van der Waals surface area contributed by atoms with E-state index in [1.807, 2.05) is 29.6 Å². The zero-order chi connectivity index (χ0) is 14.5. The molecule has 0 amide bonds. The first-order valence-corrected chi connectivity index (χ1v) is 8.49. The van der Waals surface area contributed by atoms with Crippen LogP contribution in [0.15, 0.2) is 38.6 Å². The molecular weight excluding hydrogens is 406 g/mol. The van der Waals surface area contributed by atoms with Crippen LogP contribution < -0.4 is 10.5 Å². The van der Waals surface area contributed by atoms with E-state index in [9.17, 15) is 0 Å². The van der Waals surface area contributed by atoms with Gasteiger partial charge in [0.2, 0.25) is 0 Å². The molecule has 1 atom stereocenters. The lowest BCUT2D eigenvalue weighted by atomic mass is 10.1. The van der Waals surface area contributed by atoms with Gasteiger partial charge in [0.15, 0.2) is 0 Å². The van der Waals surface area contributed by atoms with Crippen molar-refractivity contribution in [1.82, 2.24) is 0 Å². The topological polar surface area (TPSA) is 44.5 Å². The molecule has 1 unspecified atom stereocenters. The van der Waals surface area contributed by atoms with E-state index in [1.54, 1.807) is 18.4 Å². The first-order chi connectivity index (χ1) is 9.63. The van der Waals surface area contributed by atoms with Crippen molar-refractivity contribution in [1.29, 1.82) is 0 Å². The highest BCUT2D eigenvalue weighted by Crippen LogP contribution is 2.34. The third-order valence-corrected chi connectivity index (χ3v) is 5.36. The van der Waals surface area contributed by atoms with E-state index in [-0.39, 0.29) is 6.04 Å². The Kier molecular flexibility index (Phi) is 6.04. The quantitative estimate of drug-likeness (QED) is 0.706. The summed E-state index contributed by atoms with van der Waals surface area (Å²) in [6.07, 6.45) is 0. The lowest BCUT2D eigenvalue weighted by molar-refractivity contribution is 0.146. The second-order valence-corrected chi connectivity index (χ2v) is 6.80. The van der Waals surface area contributed by atoms with Crippen molar-refractivity contribution in [2.45, 2.75) is 6.04 Å². The summed E-state index contributed by atoms with van der Waals surface area (Å²) in [5.74, 6) is 0.795. The van der Waals surface area contributed by atoms with Gasteiger partial charge in [0, 0.05) is 16.5 Å². The maximum atomic E-state index is 6.30. The third kappa shape index (κ3) is 3.83. The maximum Gasteiger partial charge on any atom is 0.133 e. The van der Waals surface area contributed by atoms with Crippen LogP contribution in [0.4, 0.5) is 0 Å². The molecule has 2 N–H and O–H groups in total. The predicted octanol–water partition coefficient (Wildman–Crippen LogP) is 4.35. The summed E-state index contributed by atoms with van der Waals surface area (Å²) in [7, 11) is 1.65. The molecule has 1 aromatic carbocycles. The van der Waals surface area contributed by atoms with Gasteiger partial charge < -0.3 is 15.2 Å². The molecule has 0 radical (unpaired) electrons. The van der Waals surface area contributed by atoms with Crippen LogP contribution in [0.3, 0.4) is 0 Å². The van der Waals surface area contributed by atoms with Gasteiger partial charge in [-0.25, -0.2) is 0 Å². The SMILES string of the molecule is COCCOc1ccc(C(N)c2sccc2Br)cc1Br. The third-order valence-electron chi connectivity index (χ3n) is 2.79. The highest BCUT2D eigenvalue weighted by Gasteiger charge is 2.15. The summed E-state index contributed by atoms with van der Waals surface area (Å²) in [5, 5.41) is 2.02. The van der Waals surface area contributed by atoms with Gasteiger partial charge >= 0.3 is 0 Å². The Morgan fingerprint density at radius 2 is 2.00 bits per heavy atom. The second kappa shape index (κ2) is 7.56. The Morgan fingerprint density at radius 3 is 2.60 bits per heavy atom. The van der Waals surface area contributed by atoms with Crippen molar-refractivity contribution in [3.8, 4) is 5.75 Å². The number of methoxy groups -OCH3 is 1. The van der Waals surface area contributed by atoms with E-state index >= 15 is 0 Å². The molecule has 20 heavy (non-hydrogen) atoms. The molecule has 3 nitrogen and oxygen atoms in total. The van der Waals surface area contributed by atoms with Crippen LogP contribution in [-0.4, -0.2) is 20.3 Å². The van der Waals surface area contributed by atoms with Crippen LogP contribution >= 0.6 is 43.2 Å². The number of thiophene rings is 1. The van der Waals surface area contributed by atoms with E-state index in [2.05, 4.69) is 31.9 Å². The predicted molar refractivity (Wildman–Crippen MR) is 89.6 cm³/mol. The zero-order valence-corrected chi connectivity index (χ0v) is 14.9. The van der Waals surface area contributed by atoms with Crippen LogP contribution in [0.2, 0.25) is 0 Å². The smallest absolute Gasteiger partial charge is 0.133 e. The molecule has 2 rings (SSSR count). The van der Waals surface area contributed by atoms with Crippen molar-refractivity contribution in [3.63, 3.8) is 0 Å². The summed E-state index contributed by atoms with van der Waals surface area (Å²) in [4.78, 5) is 1.12. The Morgan fingerprint density at radius 1 is 1.20 bits per heavy atom. The average Bonchev–Trinajstić information content (AvgIpc) is 2.86. The number of halogens is 2. The summed E-state index contributed by atoms with van der Waals surface area (Å²) in [6.45, 7) is 1.09. The zero-order valence-electron chi connectivity index (χ0n) is 10.9. The van der Waals surface area contributed by atoms with Crippen molar-refractivity contribution in [2.75, 3.05) is 20.3 Å². The molecule has 0 saturated heterocycles. The van der Waals surface area contributed by atoms with Gasteiger partial charge in [-0.15, -0.1) is 11.3 Å². The van der Waals surface area contributed by atoms with Gasteiger partial charge in [0.25, 0.3) is 0 Å². The largest absolute Gasteiger partial charge is 0.490 e. The minimum absolute atomic E-state index is 0.145. The standard InChI is InChI=1S/C14H15Br2NO2S/c1-18-5-6-19-12-3-2-9(8-11(12)16)13(17)14-10(15)4-7-20-14/h2-4,7-8,13H,5-6,17H2,1H3. The Hall–Kier alpha value is -0.400. The van der Waals surface area contributed by atoms with E-state index in [1.165, 1.54) is 0 Å². The maximum absolute atomic E-state index is 6.30. The van der Waals surface area contributed by atoms with Crippen molar-refractivity contribution < 1.29 is 9.47 Å². The number of nitrogens with two attached hydrogens (primary N) is 1. The first kappa shape index (κ1) is 16.0. The molecule has 0 aliphatic heterocycles. The van der Waals surface area contributed by atoms with E-state index in [4.69, 9.17) is 15.2 Å². The summed E-state index contributed by atoms with van der Waals surface area (Å²) < 4.78 is 12.5. The average molecular weight is 421 g/mol. The van der Waals surface area contributed by atoms with Crippen LogP contribution in [0, 0.1) is 0 Å². The molecule has 108 valence electrons. The summed E-state index contributed by atoms with van der Waals surface area (Å²) >= 11 is 8.68.